The van der Waals surface area contributed by atoms with E-state index in [1.54, 1.807) is 0 Å². The Bertz CT molecular complexity index is 78.5. The summed E-state index contributed by atoms with van der Waals surface area (Å²) in [4.78, 5) is 10.2. The van der Waals surface area contributed by atoms with E-state index in [-0.39, 0.29) is 0 Å². The highest BCUT2D eigenvalue weighted by molar-refractivity contribution is 5.86. The highest BCUT2D eigenvalue weighted by Crippen LogP contribution is 2.02. The predicted molar refractivity (Wildman–Crippen MR) is 29.7 cm³/mol. The van der Waals surface area contributed by atoms with Gasteiger partial charge >= 0.3 is 0 Å². The fourth-order valence-corrected chi connectivity index (χ4v) is 0.419. The van der Waals surface area contributed by atoms with Crippen LogP contribution in [0.25, 0.3) is 0 Å². The first kappa shape index (κ1) is 7.43. The normalized spacial score (nSPS) is 9.88. The molecule has 0 aromatic heterocycles. The number of ether oxygens (including phenoxy) is 1. The molecule has 0 aromatic rings. The van der Waals surface area contributed by atoms with E-state index in [9.17, 15) is 4.79 Å². The van der Waals surface area contributed by atoms with Crippen molar-refractivity contribution in [1.82, 2.24) is 0 Å². The number of carbonyl (C=O) groups is 1. The second kappa shape index (κ2) is 3.43. The van der Waals surface area contributed by atoms with Crippen LogP contribution in [0.3, 0.4) is 0 Å². The third-order valence-electron chi connectivity index (χ3n) is 0.842. The van der Waals surface area contributed by atoms with Gasteiger partial charge in [-0.1, -0.05) is 6.92 Å². The Hall–Kier alpha value is -0.570. The molecule has 0 aliphatic rings. The SMILES string of the molecule is CC[C](OC)C(N)=O. The molecule has 1 amide bonds. The van der Waals surface area contributed by atoms with Crippen molar-refractivity contribution in [2.45, 2.75) is 13.3 Å². The minimum Gasteiger partial charge on any atom is -0.367 e. The first-order valence-corrected chi connectivity index (χ1v) is 2.42. The van der Waals surface area contributed by atoms with E-state index in [0.717, 1.165) is 0 Å². The van der Waals surface area contributed by atoms with Crippen molar-refractivity contribution in [2.75, 3.05) is 7.11 Å². The maximum atomic E-state index is 10.2. The summed E-state index contributed by atoms with van der Waals surface area (Å²) < 4.78 is 4.60. The first-order valence-electron chi connectivity index (χ1n) is 2.42. The summed E-state index contributed by atoms with van der Waals surface area (Å²) in [6, 6.07) is 0. The number of primary amides is 1. The number of hydrogen-bond donors (Lipinski definition) is 1. The molecule has 0 saturated heterocycles. The molecule has 0 unspecified atom stereocenters. The van der Waals surface area contributed by atoms with Crippen LogP contribution >= 0.6 is 0 Å². The number of nitrogens with two attached hydrogens (primary N) is 1. The molecule has 0 spiro atoms. The molecule has 0 aliphatic heterocycles. The van der Waals surface area contributed by atoms with Crippen LogP contribution < -0.4 is 5.73 Å². The molecule has 0 bridgehead atoms. The summed E-state index contributed by atoms with van der Waals surface area (Å²) >= 11 is 0. The molecule has 0 rings (SSSR count). The van der Waals surface area contributed by atoms with Crippen molar-refractivity contribution < 1.29 is 9.53 Å². The lowest BCUT2D eigenvalue weighted by Gasteiger charge is -2.03. The summed E-state index contributed by atoms with van der Waals surface area (Å²) in [5.74, 6) is -0.477. The molecule has 3 nitrogen and oxygen atoms in total. The molecular weight excluding hydrogens is 106 g/mol. The highest BCUT2D eigenvalue weighted by Gasteiger charge is 2.11. The van der Waals surface area contributed by atoms with Gasteiger partial charge in [0.05, 0.1) is 0 Å². The molecule has 3 heteroatoms. The Kier molecular flexibility index (Phi) is 3.19. The first-order chi connectivity index (χ1) is 3.72. The van der Waals surface area contributed by atoms with Crippen LogP contribution in [0.5, 0.6) is 0 Å². The van der Waals surface area contributed by atoms with Crippen LogP contribution in [0.2, 0.25) is 0 Å². The molecule has 2 N–H and O–H groups in total. The Morgan fingerprint density at radius 3 is 2.25 bits per heavy atom. The van der Waals surface area contributed by atoms with E-state index in [2.05, 4.69) is 4.74 Å². The van der Waals surface area contributed by atoms with Gasteiger partial charge in [0.25, 0.3) is 5.91 Å². The molecular formula is C5H10NO2. The lowest BCUT2D eigenvalue weighted by Crippen LogP contribution is -2.21. The van der Waals surface area contributed by atoms with Crippen LogP contribution in [0, 0.1) is 6.10 Å². The zero-order valence-corrected chi connectivity index (χ0v) is 5.10. The monoisotopic (exact) mass is 116 g/mol. The second-order valence-electron chi connectivity index (χ2n) is 1.35. The molecule has 0 fully saturated rings. The quantitative estimate of drug-likeness (QED) is 0.566. The maximum Gasteiger partial charge on any atom is 0.253 e. The van der Waals surface area contributed by atoms with Crippen molar-refractivity contribution in [3.05, 3.63) is 6.10 Å². The fraction of sp³-hybridized carbons (Fsp3) is 0.600. The number of methoxy groups -OCH3 is 1. The lowest BCUT2D eigenvalue weighted by molar-refractivity contribution is -0.121. The highest BCUT2D eigenvalue weighted by atomic mass is 16.5. The van der Waals surface area contributed by atoms with E-state index in [0.29, 0.717) is 12.5 Å². The Morgan fingerprint density at radius 2 is 2.25 bits per heavy atom. The predicted octanol–water partition coefficient (Wildman–Crippen LogP) is 0.0601. The summed E-state index contributed by atoms with van der Waals surface area (Å²) in [6.45, 7) is 1.81. The van der Waals surface area contributed by atoms with Crippen molar-refractivity contribution in [3.8, 4) is 0 Å². The standard InChI is InChI=1S/C5H10NO2/c1-3-4(8-2)5(6)7/h3H2,1-2H3,(H2,6,7). The molecule has 0 aliphatic carbocycles. The smallest absolute Gasteiger partial charge is 0.253 e. The van der Waals surface area contributed by atoms with Gasteiger partial charge in [0.1, 0.15) is 0 Å². The Balaban J connectivity index is 3.52. The number of carbonyl (C=O) groups excluding carboxylic acids is 1. The zero-order valence-electron chi connectivity index (χ0n) is 5.10. The fourth-order valence-electron chi connectivity index (χ4n) is 0.419. The number of amides is 1. The van der Waals surface area contributed by atoms with Gasteiger partial charge in [0.2, 0.25) is 0 Å². The molecule has 0 aromatic carbocycles. The average Bonchev–Trinajstić information content (AvgIpc) is 1.69. The topological polar surface area (TPSA) is 52.3 Å². The van der Waals surface area contributed by atoms with Crippen molar-refractivity contribution in [3.63, 3.8) is 0 Å². The third-order valence-corrected chi connectivity index (χ3v) is 0.842. The van der Waals surface area contributed by atoms with Crippen molar-refractivity contribution in [1.29, 1.82) is 0 Å². The van der Waals surface area contributed by atoms with Crippen LogP contribution in [0.15, 0.2) is 0 Å². The molecule has 8 heavy (non-hydrogen) atoms. The molecule has 0 atom stereocenters. The third kappa shape index (κ3) is 1.93. The van der Waals surface area contributed by atoms with Crippen LogP contribution in [0.4, 0.5) is 0 Å². The van der Waals surface area contributed by atoms with Gasteiger partial charge in [0.15, 0.2) is 6.10 Å². The van der Waals surface area contributed by atoms with E-state index in [4.69, 9.17) is 5.73 Å². The molecule has 0 heterocycles. The van der Waals surface area contributed by atoms with E-state index in [1.807, 2.05) is 6.92 Å². The summed E-state index contributed by atoms with van der Waals surface area (Å²) in [6.07, 6.45) is 0.885. The zero-order chi connectivity index (χ0) is 6.57. The maximum absolute atomic E-state index is 10.2. The van der Waals surface area contributed by atoms with Crippen LogP contribution in [0.1, 0.15) is 13.3 Å². The summed E-state index contributed by atoms with van der Waals surface area (Å²) in [7, 11) is 1.43. The van der Waals surface area contributed by atoms with Gasteiger partial charge in [-0.25, -0.2) is 0 Å². The van der Waals surface area contributed by atoms with Gasteiger partial charge < -0.3 is 10.5 Å². The van der Waals surface area contributed by atoms with E-state index < -0.39 is 5.91 Å². The van der Waals surface area contributed by atoms with Gasteiger partial charge in [-0.2, -0.15) is 0 Å². The van der Waals surface area contributed by atoms with Crippen LogP contribution in [-0.4, -0.2) is 13.0 Å². The van der Waals surface area contributed by atoms with Gasteiger partial charge in [0, 0.05) is 7.11 Å². The average molecular weight is 116 g/mol. The van der Waals surface area contributed by atoms with Crippen LogP contribution in [-0.2, 0) is 9.53 Å². The Labute approximate surface area is 48.8 Å². The summed E-state index contributed by atoms with van der Waals surface area (Å²) in [5, 5.41) is 0. The molecule has 47 valence electrons. The van der Waals surface area contributed by atoms with Crippen molar-refractivity contribution in [2.24, 2.45) is 5.73 Å². The number of hydrogen-bond acceptors (Lipinski definition) is 2. The lowest BCUT2D eigenvalue weighted by atomic mass is 10.3. The second-order valence-corrected chi connectivity index (χ2v) is 1.35. The van der Waals surface area contributed by atoms with E-state index >= 15 is 0 Å². The van der Waals surface area contributed by atoms with Gasteiger partial charge in [-0.3, -0.25) is 4.79 Å². The summed E-state index contributed by atoms with van der Waals surface area (Å²) in [5.41, 5.74) is 4.86. The van der Waals surface area contributed by atoms with E-state index in [1.165, 1.54) is 7.11 Å². The van der Waals surface area contributed by atoms with Crippen molar-refractivity contribution >= 4 is 5.91 Å². The number of rotatable bonds is 3. The molecule has 1 radical (unpaired) electrons. The van der Waals surface area contributed by atoms with Gasteiger partial charge in [-0.05, 0) is 6.42 Å². The molecule has 0 saturated carbocycles. The minimum atomic E-state index is -0.477. The largest absolute Gasteiger partial charge is 0.367 e. The minimum absolute atomic E-state index is 0.324. The Morgan fingerprint density at radius 1 is 1.75 bits per heavy atom. The van der Waals surface area contributed by atoms with Gasteiger partial charge in [-0.15, -0.1) is 0 Å².